The summed E-state index contributed by atoms with van der Waals surface area (Å²) in [5, 5.41) is 0. The van der Waals surface area contributed by atoms with Crippen molar-refractivity contribution in [2.75, 3.05) is 0 Å². The molecule has 0 aromatic heterocycles. The molecule has 2 aromatic rings. The minimum Gasteiger partial charge on any atom is -0.283 e. The second kappa shape index (κ2) is 6.97. The maximum Gasteiger partial charge on any atom is 0.147 e. The van der Waals surface area contributed by atoms with Crippen LogP contribution in [0.1, 0.15) is 73.6 Å². The zero-order valence-electron chi connectivity index (χ0n) is 17.6. The van der Waals surface area contributed by atoms with Gasteiger partial charge in [-0.15, -0.1) is 0 Å². The van der Waals surface area contributed by atoms with Crippen molar-refractivity contribution in [2.45, 2.75) is 75.3 Å². The first kappa shape index (κ1) is 18.2. The lowest BCUT2D eigenvalue weighted by molar-refractivity contribution is 0.427. The molecular formula is C26H30N4. The molecule has 0 saturated heterocycles. The van der Waals surface area contributed by atoms with Gasteiger partial charge in [0.05, 0.1) is 11.1 Å². The number of nitrogens with zero attached hydrogens (tertiary/aromatic N) is 2. The van der Waals surface area contributed by atoms with Gasteiger partial charge in [-0.05, 0) is 49.7 Å². The molecule has 2 heterocycles. The highest BCUT2D eigenvalue weighted by molar-refractivity contribution is 6.06. The first-order valence-corrected chi connectivity index (χ1v) is 11.6. The molecule has 0 amide bonds. The van der Waals surface area contributed by atoms with Crippen molar-refractivity contribution in [3.63, 3.8) is 0 Å². The zero-order chi connectivity index (χ0) is 20.0. The Morgan fingerprint density at radius 2 is 0.967 bits per heavy atom. The van der Waals surface area contributed by atoms with Crippen LogP contribution in [0.5, 0.6) is 0 Å². The number of nitrogens with one attached hydrogen (secondary N) is 2. The summed E-state index contributed by atoms with van der Waals surface area (Å²) in [6.07, 6.45) is 12.1. The number of amidine groups is 2. The van der Waals surface area contributed by atoms with E-state index in [1.807, 2.05) is 0 Å². The van der Waals surface area contributed by atoms with Gasteiger partial charge in [0.15, 0.2) is 0 Å². The van der Waals surface area contributed by atoms with Crippen molar-refractivity contribution < 1.29 is 0 Å². The van der Waals surface area contributed by atoms with E-state index in [-0.39, 0.29) is 11.1 Å². The molecule has 2 fully saturated rings. The van der Waals surface area contributed by atoms with Gasteiger partial charge < -0.3 is 0 Å². The van der Waals surface area contributed by atoms with Gasteiger partial charge in [0, 0.05) is 11.1 Å². The Kier molecular flexibility index (Phi) is 4.22. The van der Waals surface area contributed by atoms with Gasteiger partial charge in [-0.3, -0.25) is 20.8 Å². The molecule has 2 aromatic carbocycles. The highest BCUT2D eigenvalue weighted by Gasteiger charge is 2.39. The predicted molar refractivity (Wildman–Crippen MR) is 122 cm³/mol. The van der Waals surface area contributed by atoms with E-state index >= 15 is 0 Å². The van der Waals surface area contributed by atoms with Crippen molar-refractivity contribution in [3.8, 4) is 0 Å². The normalized spacial score (nSPS) is 22.9. The molecule has 2 saturated carbocycles. The van der Waals surface area contributed by atoms with Crippen molar-refractivity contribution in [3.05, 3.63) is 70.8 Å². The number of benzene rings is 2. The Bertz CT molecular complexity index is 939. The third-order valence-corrected chi connectivity index (χ3v) is 7.65. The molecule has 4 aliphatic rings. The van der Waals surface area contributed by atoms with Gasteiger partial charge in [0.1, 0.15) is 11.7 Å². The molecule has 30 heavy (non-hydrogen) atoms. The fourth-order valence-corrected chi connectivity index (χ4v) is 6.15. The Balaban J connectivity index is 1.33. The molecule has 2 spiro atoms. The second-order valence-electron chi connectivity index (χ2n) is 9.70. The van der Waals surface area contributed by atoms with Crippen molar-refractivity contribution >= 4 is 11.7 Å². The molecule has 0 unspecified atom stereocenters. The fourth-order valence-electron chi connectivity index (χ4n) is 6.15. The van der Waals surface area contributed by atoms with Crippen LogP contribution in [-0.2, 0) is 12.8 Å². The van der Waals surface area contributed by atoms with Crippen molar-refractivity contribution in [2.24, 2.45) is 9.98 Å². The van der Waals surface area contributed by atoms with E-state index in [0.717, 1.165) is 24.5 Å². The summed E-state index contributed by atoms with van der Waals surface area (Å²) in [5.74, 6) is 1.95. The number of hydrogen-bond donors (Lipinski definition) is 2. The highest BCUT2D eigenvalue weighted by atomic mass is 15.4. The quantitative estimate of drug-likeness (QED) is 0.631. The van der Waals surface area contributed by atoms with Crippen LogP contribution in [0.3, 0.4) is 0 Å². The van der Waals surface area contributed by atoms with E-state index in [1.54, 1.807) is 0 Å². The van der Waals surface area contributed by atoms with E-state index in [1.165, 1.54) is 73.6 Å². The van der Waals surface area contributed by atoms with Crippen LogP contribution in [0.25, 0.3) is 0 Å². The Morgan fingerprint density at radius 1 is 0.567 bits per heavy atom. The van der Waals surface area contributed by atoms with Crippen molar-refractivity contribution in [1.29, 1.82) is 0 Å². The van der Waals surface area contributed by atoms with Crippen LogP contribution >= 0.6 is 0 Å². The number of aliphatic imine (C=N–C) groups is 2. The number of hydrazine groups is 1. The molecule has 4 heteroatoms. The molecule has 0 radical (unpaired) electrons. The Morgan fingerprint density at radius 3 is 1.40 bits per heavy atom. The van der Waals surface area contributed by atoms with E-state index in [0.29, 0.717) is 0 Å². The SMILES string of the molecule is c1ccc2c(c1)CC1(CCCC1)N=C2NNC1=NC2(CCCC2)Cc2ccccc21. The van der Waals surface area contributed by atoms with E-state index in [9.17, 15) is 0 Å². The number of fused-ring (bicyclic) bond motifs is 2. The average molecular weight is 399 g/mol. The summed E-state index contributed by atoms with van der Waals surface area (Å²) in [4.78, 5) is 10.5. The first-order chi connectivity index (χ1) is 14.7. The monoisotopic (exact) mass is 398 g/mol. The zero-order valence-corrected chi connectivity index (χ0v) is 17.6. The van der Waals surface area contributed by atoms with Crippen LogP contribution in [0.15, 0.2) is 58.5 Å². The highest BCUT2D eigenvalue weighted by Crippen LogP contribution is 2.41. The lowest BCUT2D eigenvalue weighted by Gasteiger charge is -2.34. The molecule has 6 rings (SSSR count). The molecule has 0 bridgehead atoms. The fraction of sp³-hybridized carbons (Fsp3) is 0.462. The number of hydrogen-bond acceptors (Lipinski definition) is 4. The summed E-state index contributed by atoms with van der Waals surface area (Å²) < 4.78 is 0. The summed E-state index contributed by atoms with van der Waals surface area (Å²) in [7, 11) is 0. The minimum atomic E-state index is 0.0807. The Labute approximate surface area is 178 Å². The summed E-state index contributed by atoms with van der Waals surface area (Å²) in [5.41, 5.74) is 12.5. The topological polar surface area (TPSA) is 48.8 Å². The lowest BCUT2D eigenvalue weighted by atomic mass is 9.84. The van der Waals surface area contributed by atoms with Gasteiger partial charge in [0.2, 0.25) is 0 Å². The summed E-state index contributed by atoms with van der Waals surface area (Å²) in [6, 6.07) is 17.5. The summed E-state index contributed by atoms with van der Waals surface area (Å²) >= 11 is 0. The smallest absolute Gasteiger partial charge is 0.147 e. The maximum atomic E-state index is 5.27. The lowest BCUT2D eigenvalue weighted by Crippen LogP contribution is -2.49. The van der Waals surface area contributed by atoms with E-state index in [4.69, 9.17) is 9.98 Å². The third kappa shape index (κ3) is 3.05. The second-order valence-corrected chi connectivity index (χ2v) is 9.70. The molecule has 2 aliphatic carbocycles. The Hall–Kier alpha value is -2.62. The largest absolute Gasteiger partial charge is 0.283 e. The van der Waals surface area contributed by atoms with Gasteiger partial charge in [-0.25, -0.2) is 0 Å². The molecule has 2 N–H and O–H groups in total. The van der Waals surface area contributed by atoms with Gasteiger partial charge in [0.25, 0.3) is 0 Å². The standard InChI is InChI=1S/C26H30N4/c1-3-11-21-19(9-1)17-25(13-5-6-14-25)27-23(21)29-30-24-22-12-4-2-10-20(22)18-26(28-24)15-7-8-16-26/h1-4,9-12H,5-8,13-18H2,(H,27,29)(H,28,30). The van der Waals surface area contributed by atoms with E-state index < -0.39 is 0 Å². The number of rotatable bonds is 0. The molecular weight excluding hydrogens is 368 g/mol. The minimum absolute atomic E-state index is 0.0807. The van der Waals surface area contributed by atoms with E-state index in [2.05, 4.69) is 59.4 Å². The first-order valence-electron chi connectivity index (χ1n) is 11.6. The predicted octanol–water partition coefficient (Wildman–Crippen LogP) is 4.71. The maximum absolute atomic E-state index is 5.27. The summed E-state index contributed by atoms with van der Waals surface area (Å²) in [6.45, 7) is 0. The molecule has 2 aliphatic heterocycles. The van der Waals surface area contributed by atoms with Crippen molar-refractivity contribution in [1.82, 2.24) is 10.9 Å². The van der Waals surface area contributed by atoms with Crippen LogP contribution in [0.2, 0.25) is 0 Å². The average Bonchev–Trinajstić information content (AvgIpc) is 3.41. The van der Waals surface area contributed by atoms with Crippen LogP contribution in [0.4, 0.5) is 0 Å². The third-order valence-electron chi connectivity index (χ3n) is 7.65. The van der Waals surface area contributed by atoms with Gasteiger partial charge >= 0.3 is 0 Å². The van der Waals surface area contributed by atoms with Gasteiger partial charge in [-0.2, -0.15) is 0 Å². The molecule has 0 atom stereocenters. The van der Waals surface area contributed by atoms with Crippen LogP contribution in [0, 0.1) is 0 Å². The van der Waals surface area contributed by atoms with Crippen LogP contribution in [-0.4, -0.2) is 22.7 Å². The van der Waals surface area contributed by atoms with Crippen LogP contribution < -0.4 is 10.9 Å². The molecule has 154 valence electrons. The molecule has 4 nitrogen and oxygen atoms in total. The van der Waals surface area contributed by atoms with Gasteiger partial charge in [-0.1, -0.05) is 74.2 Å².